The molecule has 0 bridgehead atoms. The lowest BCUT2D eigenvalue weighted by Gasteiger charge is -2.09. The molecule has 8 nitrogen and oxygen atoms in total. The van der Waals surface area contributed by atoms with E-state index < -0.39 is 11.8 Å². The van der Waals surface area contributed by atoms with Crippen LogP contribution in [0.1, 0.15) is 30.0 Å². The highest BCUT2D eigenvalue weighted by Gasteiger charge is 2.21. The van der Waals surface area contributed by atoms with Gasteiger partial charge in [0.25, 0.3) is 5.78 Å². The molecule has 0 spiro atoms. The van der Waals surface area contributed by atoms with Crippen molar-refractivity contribution in [2.75, 3.05) is 13.4 Å². The van der Waals surface area contributed by atoms with E-state index in [1.807, 2.05) is 12.1 Å². The number of esters is 1. The average Bonchev–Trinajstić information content (AvgIpc) is 3.35. The molecule has 8 heteroatoms. The minimum Gasteiger partial charge on any atom is -0.475 e. The second-order valence-electron chi connectivity index (χ2n) is 7.88. The van der Waals surface area contributed by atoms with E-state index in [4.69, 9.17) is 18.9 Å². The van der Waals surface area contributed by atoms with Gasteiger partial charge in [-0.1, -0.05) is 30.3 Å². The number of ether oxygens (including phenoxy) is 4. The number of benzene rings is 3. The van der Waals surface area contributed by atoms with Crippen molar-refractivity contribution in [1.29, 1.82) is 0 Å². The lowest BCUT2D eigenvalue weighted by Crippen LogP contribution is -2.14. The zero-order valence-corrected chi connectivity index (χ0v) is 19.6. The number of hydrogen-bond donors (Lipinski definition) is 1. The van der Waals surface area contributed by atoms with E-state index in [-0.39, 0.29) is 18.3 Å². The van der Waals surface area contributed by atoms with E-state index in [0.29, 0.717) is 53.6 Å². The molecule has 0 aliphatic carbocycles. The molecule has 0 aromatic heterocycles. The van der Waals surface area contributed by atoms with Gasteiger partial charge >= 0.3 is 11.9 Å². The number of fused-ring (bicyclic) bond motifs is 1. The molecule has 184 valence electrons. The first-order valence-corrected chi connectivity index (χ1v) is 11.3. The maximum Gasteiger partial charge on any atom is 0.377 e. The number of rotatable bonds is 10. The summed E-state index contributed by atoms with van der Waals surface area (Å²) in [4.78, 5) is 35.4. The van der Waals surface area contributed by atoms with Crippen molar-refractivity contribution >= 4 is 29.4 Å². The highest BCUT2D eigenvalue weighted by molar-refractivity contribution is 6.52. The molecule has 0 radical (unpaired) electrons. The van der Waals surface area contributed by atoms with Gasteiger partial charge in [0.15, 0.2) is 11.5 Å². The maximum absolute atomic E-state index is 12.4. The third-order valence-corrected chi connectivity index (χ3v) is 5.39. The highest BCUT2D eigenvalue weighted by Crippen LogP contribution is 2.34. The summed E-state index contributed by atoms with van der Waals surface area (Å²) < 4.78 is 21.5. The maximum atomic E-state index is 12.4. The van der Waals surface area contributed by atoms with Crippen LogP contribution in [0.4, 0.5) is 0 Å². The van der Waals surface area contributed by atoms with Crippen molar-refractivity contribution in [1.82, 2.24) is 0 Å². The Bertz CT molecular complexity index is 1290. The second-order valence-corrected chi connectivity index (χ2v) is 7.88. The van der Waals surface area contributed by atoms with Gasteiger partial charge in [-0.25, -0.2) is 4.79 Å². The summed E-state index contributed by atoms with van der Waals surface area (Å²) in [6.45, 7) is 2.25. The smallest absolute Gasteiger partial charge is 0.377 e. The van der Waals surface area contributed by atoms with Crippen molar-refractivity contribution in [3.63, 3.8) is 0 Å². The van der Waals surface area contributed by atoms with E-state index in [1.54, 1.807) is 61.5 Å². The Morgan fingerprint density at radius 2 is 1.58 bits per heavy atom. The fourth-order valence-electron chi connectivity index (χ4n) is 3.61. The number of carboxylic acid groups (broad SMARTS) is 1. The van der Waals surface area contributed by atoms with Gasteiger partial charge < -0.3 is 24.1 Å². The topological polar surface area (TPSA) is 108 Å². The van der Waals surface area contributed by atoms with Gasteiger partial charge in [-0.05, 0) is 72.5 Å². The van der Waals surface area contributed by atoms with Crippen LogP contribution in [0.15, 0.2) is 66.7 Å². The summed E-state index contributed by atoms with van der Waals surface area (Å²) in [5.41, 5.74) is 2.05. The van der Waals surface area contributed by atoms with Crippen molar-refractivity contribution in [2.45, 2.75) is 19.8 Å². The molecule has 1 heterocycles. The molecule has 3 aromatic carbocycles. The van der Waals surface area contributed by atoms with E-state index in [9.17, 15) is 19.5 Å². The van der Waals surface area contributed by atoms with Crippen LogP contribution in [0, 0.1) is 0 Å². The molecule has 0 unspecified atom stereocenters. The molecule has 3 aromatic rings. The number of aliphatic carboxylic acids is 1. The average molecular weight is 488 g/mol. The van der Waals surface area contributed by atoms with Crippen LogP contribution in [0.25, 0.3) is 11.6 Å². The summed E-state index contributed by atoms with van der Waals surface area (Å²) >= 11 is 0. The van der Waals surface area contributed by atoms with E-state index >= 15 is 0 Å². The first kappa shape index (κ1) is 24.5. The van der Waals surface area contributed by atoms with Crippen LogP contribution in [0.2, 0.25) is 0 Å². The third kappa shape index (κ3) is 6.09. The molecule has 1 aliphatic rings. The van der Waals surface area contributed by atoms with Gasteiger partial charge in [0, 0.05) is 12.0 Å². The molecular formula is C28H24O8. The van der Waals surface area contributed by atoms with E-state index in [2.05, 4.69) is 0 Å². The molecule has 0 saturated heterocycles. The molecule has 1 N–H and O–H groups in total. The quantitative estimate of drug-likeness (QED) is 0.186. The van der Waals surface area contributed by atoms with Crippen LogP contribution in [-0.2, 0) is 25.5 Å². The standard InChI is InChI=1S/C28H24O8/c1-2-33-26(29)14-6-18-3-9-21(10-4-18)36-22-11-7-20(8-12-22)23(27(30)28(31)32)15-19-5-13-24-25(16-19)35-17-34-24/h3-5,7-13,15-16H,2,6,14,17H2,1H3,(H,31,32). The Hall–Kier alpha value is -4.59. The van der Waals surface area contributed by atoms with Crippen LogP contribution < -0.4 is 14.2 Å². The predicted octanol–water partition coefficient (Wildman–Crippen LogP) is 4.90. The predicted molar refractivity (Wildman–Crippen MR) is 131 cm³/mol. The first-order valence-electron chi connectivity index (χ1n) is 11.3. The second kappa shape index (κ2) is 11.2. The summed E-state index contributed by atoms with van der Waals surface area (Å²) in [6.07, 6.45) is 2.39. The van der Waals surface area contributed by atoms with Crippen LogP contribution >= 0.6 is 0 Å². The number of ketones is 1. The Labute approximate surface area is 207 Å². The Morgan fingerprint density at radius 1 is 0.917 bits per heavy atom. The molecule has 4 rings (SSSR count). The number of carbonyl (C=O) groups is 3. The summed E-state index contributed by atoms with van der Waals surface area (Å²) in [7, 11) is 0. The fraction of sp³-hybridized carbons (Fsp3) is 0.179. The first-order chi connectivity index (χ1) is 17.4. The van der Waals surface area contributed by atoms with Gasteiger partial charge in [0.2, 0.25) is 6.79 Å². The third-order valence-electron chi connectivity index (χ3n) is 5.39. The van der Waals surface area contributed by atoms with Crippen LogP contribution in [-0.4, -0.2) is 36.2 Å². The summed E-state index contributed by atoms with van der Waals surface area (Å²) in [6, 6.07) is 19.0. The Morgan fingerprint density at radius 3 is 2.25 bits per heavy atom. The SMILES string of the molecule is CCOC(=O)CCc1ccc(Oc2ccc(C(=Cc3ccc4c(c3)OCO4)C(=O)C(=O)O)cc2)cc1. The molecule has 0 fully saturated rings. The van der Waals surface area contributed by atoms with Crippen molar-refractivity contribution in [2.24, 2.45) is 0 Å². The Kier molecular flexibility index (Phi) is 7.65. The minimum atomic E-state index is -1.55. The van der Waals surface area contributed by atoms with Crippen molar-refractivity contribution in [3.05, 3.63) is 83.4 Å². The van der Waals surface area contributed by atoms with Crippen LogP contribution in [0.3, 0.4) is 0 Å². The molecule has 1 aliphatic heterocycles. The minimum absolute atomic E-state index is 0.0267. The molecule has 0 saturated carbocycles. The zero-order chi connectivity index (χ0) is 25.5. The summed E-state index contributed by atoms with van der Waals surface area (Å²) in [5, 5.41) is 9.33. The van der Waals surface area contributed by atoms with Gasteiger partial charge in [-0.15, -0.1) is 0 Å². The number of hydrogen-bond acceptors (Lipinski definition) is 7. The fourth-order valence-corrected chi connectivity index (χ4v) is 3.61. The normalized spacial score (nSPS) is 12.2. The van der Waals surface area contributed by atoms with Gasteiger partial charge in [0.05, 0.1) is 6.61 Å². The molecular weight excluding hydrogens is 464 g/mol. The van der Waals surface area contributed by atoms with Crippen molar-refractivity contribution < 1.29 is 38.4 Å². The van der Waals surface area contributed by atoms with E-state index in [0.717, 1.165) is 5.56 Å². The number of Topliss-reactive ketones (excluding diaryl/α,β-unsaturated/α-hetero) is 1. The number of carboxylic acids is 1. The molecule has 36 heavy (non-hydrogen) atoms. The Balaban J connectivity index is 1.47. The van der Waals surface area contributed by atoms with Gasteiger partial charge in [-0.3, -0.25) is 9.59 Å². The van der Waals surface area contributed by atoms with E-state index in [1.165, 1.54) is 6.08 Å². The van der Waals surface area contributed by atoms with Crippen LogP contribution in [0.5, 0.6) is 23.0 Å². The largest absolute Gasteiger partial charge is 0.475 e. The van der Waals surface area contributed by atoms with Gasteiger partial charge in [0.1, 0.15) is 11.5 Å². The summed E-state index contributed by atoms with van der Waals surface area (Å²) in [5.74, 6) is -0.576. The number of carbonyl (C=O) groups excluding carboxylic acids is 2. The highest BCUT2D eigenvalue weighted by atomic mass is 16.7. The lowest BCUT2D eigenvalue weighted by atomic mass is 9.98. The van der Waals surface area contributed by atoms with Gasteiger partial charge in [-0.2, -0.15) is 0 Å². The monoisotopic (exact) mass is 488 g/mol. The molecule has 0 amide bonds. The number of aryl methyl sites for hydroxylation is 1. The zero-order valence-electron chi connectivity index (χ0n) is 19.6. The molecule has 0 atom stereocenters. The van der Waals surface area contributed by atoms with Crippen molar-refractivity contribution in [3.8, 4) is 23.0 Å². The lowest BCUT2D eigenvalue weighted by molar-refractivity contribution is -0.146.